The van der Waals surface area contributed by atoms with Crippen LogP contribution in [0.5, 0.6) is 5.75 Å². The molecule has 2 N–H and O–H groups in total. The van der Waals surface area contributed by atoms with Crippen LogP contribution >= 0.6 is 11.6 Å². The molecular weight excluding hydrogens is 568 g/mol. The van der Waals surface area contributed by atoms with E-state index in [1.165, 1.54) is 63.4 Å². The second-order valence-corrected chi connectivity index (χ2v) is 9.60. The molecule has 0 aliphatic heterocycles. The van der Waals surface area contributed by atoms with E-state index in [4.69, 9.17) is 16.3 Å². The second-order valence-electron chi connectivity index (χ2n) is 9.21. The number of nitrogens with one attached hydrogen (secondary N) is 2. The van der Waals surface area contributed by atoms with E-state index in [2.05, 4.69) is 30.5 Å². The van der Waals surface area contributed by atoms with E-state index in [0.717, 1.165) is 18.2 Å². The van der Waals surface area contributed by atoms with Gasteiger partial charge in [-0.1, -0.05) is 23.7 Å². The molecule has 8 nitrogen and oxygen atoms in total. The molecule has 0 fully saturated rings. The summed E-state index contributed by atoms with van der Waals surface area (Å²) >= 11 is 6.03. The predicted octanol–water partition coefficient (Wildman–Crippen LogP) is 7.41. The Labute approximate surface area is 229 Å². The van der Waals surface area contributed by atoms with Gasteiger partial charge in [-0.25, -0.2) is 5.43 Å². The first-order valence-electron chi connectivity index (χ1n) is 11.3. The Morgan fingerprint density at radius 3 is 2.27 bits per heavy atom. The molecule has 0 saturated heterocycles. The summed E-state index contributed by atoms with van der Waals surface area (Å²) in [7, 11) is 0. The van der Waals surface area contributed by atoms with E-state index in [0.29, 0.717) is 5.56 Å². The highest BCUT2D eigenvalue weighted by Gasteiger charge is 2.45. The third kappa shape index (κ3) is 9.29. The average Bonchev–Trinajstić information content (AvgIpc) is 2.81. The molecule has 214 valence electrons. The first-order valence-corrected chi connectivity index (χ1v) is 11.7. The van der Waals surface area contributed by atoms with Crippen molar-refractivity contribution < 1.29 is 40.6 Å². The molecule has 0 spiro atoms. The van der Waals surface area contributed by atoms with E-state index in [9.17, 15) is 31.1 Å². The minimum atomic E-state index is -4.86. The van der Waals surface area contributed by atoms with Gasteiger partial charge in [0.25, 0.3) is 0 Å². The summed E-state index contributed by atoms with van der Waals surface area (Å²) < 4.78 is 86.6. The van der Waals surface area contributed by atoms with Crippen molar-refractivity contribution in [1.82, 2.24) is 9.97 Å². The number of carbonyl (C=O) groups excluding carboxylic acids is 1. The summed E-state index contributed by atoms with van der Waals surface area (Å²) in [5.74, 6) is -1.41. The standard InChI is InChI=1S/C25H22ClF6N5O3/c1-23(2,3)21(38)39-20(24(27,28)29)15-5-4-6-16(11-15)34-19-12-18(26)35-22(36-19)37-33-13-14-7-9-17(10-8-14)40-25(30,31)32/h4-13,20H,1-3H3,(H2,34,35,36,37)/b33-13+. The van der Waals surface area contributed by atoms with Crippen molar-refractivity contribution in [2.75, 3.05) is 10.7 Å². The molecule has 0 radical (unpaired) electrons. The van der Waals surface area contributed by atoms with Crippen molar-refractivity contribution in [2.45, 2.75) is 39.4 Å². The van der Waals surface area contributed by atoms with E-state index < -0.39 is 35.8 Å². The first-order chi connectivity index (χ1) is 18.5. The fraction of sp³-hybridized carbons (Fsp3) is 0.280. The summed E-state index contributed by atoms with van der Waals surface area (Å²) in [4.78, 5) is 20.2. The lowest BCUT2D eigenvalue weighted by Gasteiger charge is -2.25. The van der Waals surface area contributed by atoms with Gasteiger partial charge in [-0.2, -0.15) is 28.2 Å². The zero-order valence-electron chi connectivity index (χ0n) is 21.1. The molecule has 0 amide bonds. The third-order valence-electron chi connectivity index (χ3n) is 4.78. The quantitative estimate of drug-likeness (QED) is 0.0928. The average molecular weight is 590 g/mol. The summed E-state index contributed by atoms with van der Waals surface area (Å²) in [6.07, 6.45) is -10.9. The van der Waals surface area contributed by atoms with E-state index in [1.54, 1.807) is 0 Å². The molecule has 15 heteroatoms. The molecule has 1 heterocycles. The van der Waals surface area contributed by atoms with Crippen LogP contribution in [0, 0.1) is 5.41 Å². The molecule has 3 rings (SSSR count). The Morgan fingerprint density at radius 1 is 1.00 bits per heavy atom. The summed E-state index contributed by atoms with van der Waals surface area (Å²) in [6.45, 7) is 4.33. The lowest BCUT2D eigenvalue weighted by molar-refractivity contribution is -0.274. The largest absolute Gasteiger partial charge is 0.573 e. The number of carbonyl (C=O) groups is 1. The van der Waals surface area contributed by atoms with Gasteiger partial charge in [0, 0.05) is 17.3 Å². The molecule has 0 bridgehead atoms. The molecule has 1 unspecified atom stereocenters. The molecule has 0 aliphatic carbocycles. The number of esters is 1. The lowest BCUT2D eigenvalue weighted by atomic mass is 9.97. The van der Waals surface area contributed by atoms with Crippen molar-refractivity contribution in [2.24, 2.45) is 10.5 Å². The van der Waals surface area contributed by atoms with Crippen LogP contribution < -0.4 is 15.5 Å². The van der Waals surface area contributed by atoms with E-state index in [1.807, 2.05) is 0 Å². The van der Waals surface area contributed by atoms with Gasteiger partial charge in [0.1, 0.15) is 16.7 Å². The summed E-state index contributed by atoms with van der Waals surface area (Å²) in [5.41, 5.74) is 1.65. The van der Waals surface area contributed by atoms with E-state index >= 15 is 0 Å². The number of anilines is 3. The third-order valence-corrected chi connectivity index (χ3v) is 4.98. The molecule has 40 heavy (non-hydrogen) atoms. The normalized spacial score (nSPS) is 13.2. The van der Waals surface area contributed by atoms with Crippen LogP contribution in [0.1, 0.15) is 38.0 Å². The minimum Gasteiger partial charge on any atom is -0.447 e. The van der Waals surface area contributed by atoms with Crippen LogP contribution in [-0.4, -0.2) is 34.7 Å². The number of aromatic nitrogens is 2. The van der Waals surface area contributed by atoms with Gasteiger partial charge < -0.3 is 14.8 Å². The van der Waals surface area contributed by atoms with Crippen molar-refractivity contribution in [3.05, 3.63) is 70.9 Å². The summed E-state index contributed by atoms with van der Waals surface area (Å²) in [5, 5.41) is 6.67. The Hall–Kier alpha value is -4.07. The maximum absolute atomic E-state index is 13.7. The van der Waals surface area contributed by atoms with Crippen molar-refractivity contribution in [3.63, 3.8) is 0 Å². The molecule has 1 aromatic heterocycles. The maximum atomic E-state index is 13.7. The fourth-order valence-electron chi connectivity index (χ4n) is 2.99. The lowest BCUT2D eigenvalue weighted by Crippen LogP contribution is -2.31. The number of rotatable bonds is 8. The molecule has 2 aromatic carbocycles. The molecule has 1 atom stereocenters. The number of hydrogen-bond donors (Lipinski definition) is 2. The van der Waals surface area contributed by atoms with Gasteiger partial charge in [0.15, 0.2) is 0 Å². The zero-order chi connectivity index (χ0) is 29.7. The number of hydrazone groups is 1. The highest BCUT2D eigenvalue weighted by molar-refractivity contribution is 6.29. The van der Waals surface area contributed by atoms with Gasteiger partial charge in [-0.3, -0.25) is 4.79 Å². The first kappa shape index (κ1) is 30.5. The highest BCUT2D eigenvalue weighted by atomic mass is 35.5. The maximum Gasteiger partial charge on any atom is 0.573 e. The van der Waals surface area contributed by atoms with Crippen LogP contribution in [-0.2, 0) is 9.53 Å². The molecule has 0 aliphatic rings. The molecular formula is C25H22ClF6N5O3. The van der Waals surface area contributed by atoms with E-state index in [-0.39, 0.29) is 28.2 Å². The Bertz CT molecular complexity index is 1360. The van der Waals surface area contributed by atoms with Crippen LogP contribution in [0.4, 0.5) is 43.8 Å². The van der Waals surface area contributed by atoms with Crippen LogP contribution in [0.2, 0.25) is 5.15 Å². The Morgan fingerprint density at radius 2 is 1.68 bits per heavy atom. The fourth-order valence-corrected chi connectivity index (χ4v) is 3.17. The van der Waals surface area contributed by atoms with Crippen LogP contribution in [0.15, 0.2) is 59.7 Å². The number of ether oxygens (including phenoxy) is 2. The Balaban J connectivity index is 1.73. The second kappa shape index (κ2) is 12.0. The topological polar surface area (TPSA) is 97.7 Å². The molecule has 0 saturated carbocycles. The number of hydrogen-bond acceptors (Lipinski definition) is 8. The van der Waals surface area contributed by atoms with Crippen molar-refractivity contribution >= 4 is 41.2 Å². The van der Waals surface area contributed by atoms with Crippen LogP contribution in [0.3, 0.4) is 0 Å². The predicted molar refractivity (Wildman–Crippen MR) is 135 cm³/mol. The summed E-state index contributed by atoms with van der Waals surface area (Å²) in [6, 6.07) is 11.3. The number of nitrogens with zero attached hydrogens (tertiary/aromatic N) is 3. The van der Waals surface area contributed by atoms with Crippen molar-refractivity contribution in [3.8, 4) is 5.75 Å². The van der Waals surface area contributed by atoms with Gasteiger partial charge in [0.05, 0.1) is 11.6 Å². The van der Waals surface area contributed by atoms with Crippen molar-refractivity contribution in [1.29, 1.82) is 0 Å². The molecule has 3 aromatic rings. The SMILES string of the molecule is CC(C)(C)C(=O)OC(c1cccc(Nc2cc(Cl)nc(N/N=C/c3ccc(OC(F)(F)F)cc3)n2)c1)C(F)(F)F. The minimum absolute atomic E-state index is 0.0349. The van der Waals surface area contributed by atoms with Gasteiger partial charge in [-0.15, -0.1) is 13.2 Å². The number of halogens is 7. The highest BCUT2D eigenvalue weighted by Crippen LogP contribution is 2.38. The zero-order valence-corrected chi connectivity index (χ0v) is 21.8. The van der Waals surface area contributed by atoms with Gasteiger partial charge >= 0.3 is 18.5 Å². The number of alkyl halides is 6. The number of benzene rings is 2. The smallest absolute Gasteiger partial charge is 0.447 e. The van der Waals surface area contributed by atoms with Crippen LogP contribution in [0.25, 0.3) is 0 Å². The Kier molecular flexibility index (Phi) is 9.13. The van der Waals surface area contributed by atoms with Gasteiger partial charge in [0.2, 0.25) is 12.1 Å². The monoisotopic (exact) mass is 589 g/mol. The van der Waals surface area contributed by atoms with Gasteiger partial charge in [-0.05, 0) is 62.7 Å².